The zero-order valence-corrected chi connectivity index (χ0v) is 15.3. The van der Waals surface area contributed by atoms with Gasteiger partial charge in [-0.3, -0.25) is 4.79 Å². The van der Waals surface area contributed by atoms with Crippen LogP contribution in [0.3, 0.4) is 0 Å². The number of halogens is 3. The molecule has 2 N–H and O–H groups in total. The highest BCUT2D eigenvalue weighted by atomic mass is 35.5. The molecule has 3 rings (SSSR count). The second kappa shape index (κ2) is 7.39. The molecule has 0 fully saturated rings. The third-order valence-electron chi connectivity index (χ3n) is 3.28. The molecule has 3 aromatic rings. The zero-order valence-electron chi connectivity index (χ0n) is 12.9. The van der Waals surface area contributed by atoms with E-state index in [0.717, 1.165) is 0 Å². The number of carbonyl (C=O) groups is 1. The highest BCUT2D eigenvalue weighted by Crippen LogP contribution is 2.29. The molecule has 2 aromatic carbocycles. The minimum Gasteiger partial charge on any atom is -0.332 e. The number of hydrogen-bond donors (Lipinski definition) is 2. The van der Waals surface area contributed by atoms with Crippen LogP contribution in [-0.4, -0.2) is 10.9 Å². The Bertz CT molecular complexity index is 928. The summed E-state index contributed by atoms with van der Waals surface area (Å²) in [7, 11) is 0. The van der Waals surface area contributed by atoms with Crippen molar-refractivity contribution in [2.24, 2.45) is 0 Å². The van der Waals surface area contributed by atoms with E-state index < -0.39 is 0 Å². The maximum Gasteiger partial charge on any atom is 0.267 e. The van der Waals surface area contributed by atoms with Crippen LogP contribution in [0.25, 0.3) is 0 Å². The SMILES string of the molecule is Cc1nc(Nc2ccc(F)cc2)sc1C(=O)Nc1ccc(Cl)cc1Cl. The number of aromatic nitrogens is 1. The highest BCUT2D eigenvalue weighted by molar-refractivity contribution is 7.17. The molecule has 0 aliphatic carbocycles. The van der Waals surface area contributed by atoms with Gasteiger partial charge in [-0.05, 0) is 49.4 Å². The van der Waals surface area contributed by atoms with E-state index in [0.29, 0.717) is 37.1 Å². The van der Waals surface area contributed by atoms with Crippen molar-refractivity contribution in [3.63, 3.8) is 0 Å². The molecular weight excluding hydrogens is 384 g/mol. The molecule has 25 heavy (non-hydrogen) atoms. The van der Waals surface area contributed by atoms with Gasteiger partial charge in [-0.1, -0.05) is 34.5 Å². The molecule has 1 heterocycles. The van der Waals surface area contributed by atoms with Gasteiger partial charge in [0.2, 0.25) is 0 Å². The molecule has 0 atom stereocenters. The van der Waals surface area contributed by atoms with E-state index in [1.807, 2.05) is 0 Å². The summed E-state index contributed by atoms with van der Waals surface area (Å²) in [6.45, 7) is 1.74. The van der Waals surface area contributed by atoms with Crippen molar-refractivity contribution in [1.82, 2.24) is 4.98 Å². The fraction of sp³-hybridized carbons (Fsp3) is 0.0588. The molecule has 1 aromatic heterocycles. The number of rotatable bonds is 4. The monoisotopic (exact) mass is 395 g/mol. The van der Waals surface area contributed by atoms with Crippen molar-refractivity contribution in [3.8, 4) is 0 Å². The van der Waals surface area contributed by atoms with Gasteiger partial charge >= 0.3 is 0 Å². The minimum absolute atomic E-state index is 0.314. The van der Waals surface area contributed by atoms with E-state index in [2.05, 4.69) is 15.6 Å². The molecular formula is C17H12Cl2FN3OS. The van der Waals surface area contributed by atoms with Crippen molar-refractivity contribution in [2.45, 2.75) is 6.92 Å². The number of anilines is 3. The second-order valence-corrected chi connectivity index (χ2v) is 6.99. The summed E-state index contributed by atoms with van der Waals surface area (Å²) in [4.78, 5) is 17.3. The Hall–Kier alpha value is -2.15. The summed E-state index contributed by atoms with van der Waals surface area (Å²) in [5.74, 6) is -0.632. The van der Waals surface area contributed by atoms with E-state index >= 15 is 0 Å². The number of nitrogens with zero attached hydrogens (tertiary/aromatic N) is 1. The topological polar surface area (TPSA) is 54.0 Å². The lowest BCUT2D eigenvalue weighted by Crippen LogP contribution is -2.11. The molecule has 0 bridgehead atoms. The van der Waals surface area contributed by atoms with Crippen molar-refractivity contribution in [2.75, 3.05) is 10.6 Å². The predicted octanol–water partition coefficient (Wildman–Crippen LogP) is 5.89. The largest absolute Gasteiger partial charge is 0.332 e. The summed E-state index contributed by atoms with van der Waals surface area (Å²) in [5.41, 5.74) is 1.73. The Kier molecular flexibility index (Phi) is 5.22. The summed E-state index contributed by atoms with van der Waals surface area (Å²) < 4.78 is 13.0. The number of nitrogens with one attached hydrogen (secondary N) is 2. The number of aryl methyl sites for hydroxylation is 1. The number of thiazole rings is 1. The summed E-state index contributed by atoms with van der Waals surface area (Å²) in [5, 5.41) is 7.17. The molecule has 8 heteroatoms. The molecule has 0 saturated heterocycles. The molecule has 128 valence electrons. The van der Waals surface area contributed by atoms with Gasteiger partial charge in [0.25, 0.3) is 5.91 Å². The van der Waals surface area contributed by atoms with Gasteiger partial charge in [-0.25, -0.2) is 9.37 Å². The van der Waals surface area contributed by atoms with Crippen LogP contribution in [0.4, 0.5) is 20.9 Å². The Morgan fingerprint density at radius 2 is 1.88 bits per heavy atom. The maximum absolute atomic E-state index is 13.0. The van der Waals surface area contributed by atoms with Gasteiger partial charge in [-0.2, -0.15) is 0 Å². The normalized spacial score (nSPS) is 10.6. The quantitative estimate of drug-likeness (QED) is 0.578. The summed E-state index contributed by atoms with van der Waals surface area (Å²) in [6, 6.07) is 10.7. The lowest BCUT2D eigenvalue weighted by atomic mass is 10.3. The lowest BCUT2D eigenvalue weighted by Gasteiger charge is -2.06. The average Bonchev–Trinajstić information content (AvgIpc) is 2.93. The fourth-order valence-electron chi connectivity index (χ4n) is 2.09. The number of benzene rings is 2. The van der Waals surface area contributed by atoms with E-state index in [1.165, 1.54) is 23.5 Å². The average molecular weight is 396 g/mol. The van der Waals surface area contributed by atoms with Crippen LogP contribution >= 0.6 is 34.5 Å². The summed E-state index contributed by atoms with van der Waals surface area (Å²) >= 11 is 13.1. The van der Waals surface area contributed by atoms with E-state index in [-0.39, 0.29) is 11.7 Å². The van der Waals surface area contributed by atoms with Gasteiger partial charge in [0.05, 0.1) is 16.4 Å². The summed E-state index contributed by atoms with van der Waals surface area (Å²) in [6.07, 6.45) is 0. The van der Waals surface area contributed by atoms with Gasteiger partial charge in [0.15, 0.2) is 5.13 Å². The fourth-order valence-corrected chi connectivity index (χ4v) is 3.42. The Morgan fingerprint density at radius 3 is 2.56 bits per heavy atom. The number of carbonyl (C=O) groups excluding carboxylic acids is 1. The van der Waals surface area contributed by atoms with Gasteiger partial charge in [0.1, 0.15) is 10.7 Å². The third kappa shape index (κ3) is 4.28. The first-order valence-corrected chi connectivity index (χ1v) is 8.76. The molecule has 0 radical (unpaired) electrons. The molecule has 0 aliphatic rings. The molecule has 1 amide bonds. The van der Waals surface area contributed by atoms with Gasteiger partial charge in [0, 0.05) is 10.7 Å². The molecule has 4 nitrogen and oxygen atoms in total. The van der Waals surface area contributed by atoms with Crippen molar-refractivity contribution < 1.29 is 9.18 Å². The van der Waals surface area contributed by atoms with Crippen LogP contribution in [0.2, 0.25) is 10.0 Å². The van der Waals surface area contributed by atoms with E-state index in [9.17, 15) is 9.18 Å². The van der Waals surface area contributed by atoms with Crippen molar-refractivity contribution in [3.05, 3.63) is 68.9 Å². The van der Waals surface area contributed by atoms with Crippen LogP contribution in [0, 0.1) is 12.7 Å². The Morgan fingerprint density at radius 1 is 1.16 bits per heavy atom. The number of hydrogen-bond acceptors (Lipinski definition) is 4. The Balaban J connectivity index is 1.77. The van der Waals surface area contributed by atoms with Crippen LogP contribution in [0.15, 0.2) is 42.5 Å². The molecule has 0 unspecified atom stereocenters. The van der Waals surface area contributed by atoms with Crippen molar-refractivity contribution in [1.29, 1.82) is 0 Å². The molecule has 0 saturated carbocycles. The second-order valence-electron chi connectivity index (χ2n) is 5.14. The maximum atomic E-state index is 13.0. The Labute approximate surface area is 157 Å². The first-order chi connectivity index (χ1) is 11.9. The first kappa shape index (κ1) is 17.7. The van der Waals surface area contributed by atoms with Crippen LogP contribution < -0.4 is 10.6 Å². The smallest absolute Gasteiger partial charge is 0.267 e. The third-order valence-corrected chi connectivity index (χ3v) is 4.90. The standard InChI is InChI=1S/C17H12Cl2FN3OS/c1-9-15(16(24)23-14-7-2-10(18)8-13(14)19)25-17(21-9)22-12-5-3-11(20)4-6-12/h2-8H,1H3,(H,21,22)(H,23,24). The minimum atomic E-state index is -0.319. The van der Waals surface area contributed by atoms with Crippen LogP contribution in [-0.2, 0) is 0 Å². The van der Waals surface area contributed by atoms with Crippen LogP contribution in [0.1, 0.15) is 15.4 Å². The van der Waals surface area contributed by atoms with E-state index in [4.69, 9.17) is 23.2 Å². The lowest BCUT2D eigenvalue weighted by molar-refractivity contribution is 0.103. The zero-order chi connectivity index (χ0) is 18.0. The van der Waals surface area contributed by atoms with Gasteiger partial charge in [-0.15, -0.1) is 0 Å². The van der Waals surface area contributed by atoms with E-state index in [1.54, 1.807) is 37.3 Å². The van der Waals surface area contributed by atoms with Crippen LogP contribution in [0.5, 0.6) is 0 Å². The van der Waals surface area contributed by atoms with Crippen molar-refractivity contribution >= 4 is 57.0 Å². The first-order valence-electron chi connectivity index (χ1n) is 7.19. The highest BCUT2D eigenvalue weighted by Gasteiger charge is 2.17. The molecule has 0 spiro atoms. The predicted molar refractivity (Wildman–Crippen MR) is 101 cm³/mol. The molecule has 0 aliphatic heterocycles. The van der Waals surface area contributed by atoms with Gasteiger partial charge < -0.3 is 10.6 Å². The number of amides is 1.